The van der Waals surface area contributed by atoms with E-state index in [9.17, 15) is 4.79 Å². The van der Waals surface area contributed by atoms with Gasteiger partial charge in [-0.1, -0.05) is 42.1 Å². The van der Waals surface area contributed by atoms with Crippen molar-refractivity contribution in [2.24, 2.45) is 0 Å². The first kappa shape index (κ1) is 15.9. The van der Waals surface area contributed by atoms with Crippen LogP contribution in [0.25, 0.3) is 0 Å². The molecule has 120 valence electrons. The lowest BCUT2D eigenvalue weighted by Gasteiger charge is -2.36. The van der Waals surface area contributed by atoms with Gasteiger partial charge in [0.2, 0.25) is 0 Å². The van der Waals surface area contributed by atoms with Crippen LogP contribution in [0.5, 0.6) is 5.75 Å². The monoisotopic (exact) mass is 329 g/mol. The fraction of sp³-hybridized carbons (Fsp3) is 0.278. The summed E-state index contributed by atoms with van der Waals surface area (Å²) in [5.74, 6) is 0.753. The van der Waals surface area contributed by atoms with Gasteiger partial charge in [0, 0.05) is 18.0 Å². The summed E-state index contributed by atoms with van der Waals surface area (Å²) in [5.41, 5.74) is 1.78. The predicted octanol–water partition coefficient (Wildman–Crippen LogP) is 3.32. The van der Waals surface area contributed by atoms with E-state index in [1.807, 2.05) is 53.4 Å². The van der Waals surface area contributed by atoms with Crippen LogP contribution in [0.4, 0.5) is 0 Å². The van der Waals surface area contributed by atoms with E-state index in [0.29, 0.717) is 18.5 Å². The number of hydrogen-bond donors (Lipinski definition) is 1. The van der Waals surface area contributed by atoms with Gasteiger partial charge in [0.05, 0.1) is 12.7 Å². The molecule has 2 aromatic rings. The minimum absolute atomic E-state index is 0.00343. The first-order chi connectivity index (χ1) is 11.2. The Labute approximate surface area is 140 Å². The molecule has 23 heavy (non-hydrogen) atoms. The number of rotatable bonds is 5. The number of carbonyl (C=O) groups is 1. The van der Waals surface area contributed by atoms with Gasteiger partial charge in [-0.3, -0.25) is 4.79 Å². The molecule has 1 amide bonds. The van der Waals surface area contributed by atoms with Crippen molar-refractivity contribution in [3.05, 3.63) is 59.7 Å². The number of hydrogen-bond acceptors (Lipinski definition) is 4. The van der Waals surface area contributed by atoms with Gasteiger partial charge in [-0.05, 0) is 30.2 Å². The average molecular weight is 329 g/mol. The first-order valence-corrected chi connectivity index (χ1v) is 8.44. The van der Waals surface area contributed by atoms with Gasteiger partial charge in [0.15, 0.2) is 0 Å². The molecule has 1 heterocycles. The molecule has 0 aliphatic carbocycles. The molecule has 1 aliphatic rings. The fourth-order valence-electron chi connectivity index (χ4n) is 2.67. The standard InChI is InChI=1S/C18H19NO3S/c1-22-14-8-9-15-16(12-14)23-18(13-6-3-2-4-7-13)19(17(15)21)10-5-11-20/h2-4,6-9,12,18,20H,5,10-11H2,1H3. The molecule has 5 heteroatoms. The predicted molar refractivity (Wildman–Crippen MR) is 90.8 cm³/mol. The smallest absolute Gasteiger partial charge is 0.256 e. The highest BCUT2D eigenvalue weighted by molar-refractivity contribution is 7.99. The molecule has 0 saturated heterocycles. The molecule has 1 aliphatic heterocycles. The number of nitrogens with zero attached hydrogens (tertiary/aromatic N) is 1. The third kappa shape index (κ3) is 3.21. The summed E-state index contributed by atoms with van der Waals surface area (Å²) >= 11 is 1.65. The lowest BCUT2D eigenvalue weighted by Crippen LogP contribution is -2.37. The van der Waals surface area contributed by atoms with Crippen LogP contribution in [-0.4, -0.2) is 36.2 Å². The van der Waals surface area contributed by atoms with E-state index in [1.54, 1.807) is 18.9 Å². The summed E-state index contributed by atoms with van der Waals surface area (Å²) in [4.78, 5) is 15.7. The highest BCUT2D eigenvalue weighted by Crippen LogP contribution is 2.45. The summed E-state index contributed by atoms with van der Waals surface area (Å²) in [5, 5.41) is 9.05. The molecular formula is C18H19NO3S. The number of ether oxygens (including phenoxy) is 1. The summed E-state index contributed by atoms with van der Waals surface area (Å²) in [6, 6.07) is 15.5. The van der Waals surface area contributed by atoms with E-state index < -0.39 is 0 Å². The molecule has 0 radical (unpaired) electrons. The van der Waals surface area contributed by atoms with Crippen LogP contribution in [0.3, 0.4) is 0 Å². The fourth-order valence-corrected chi connectivity index (χ4v) is 4.00. The first-order valence-electron chi connectivity index (χ1n) is 7.56. The topological polar surface area (TPSA) is 49.8 Å². The third-order valence-corrected chi connectivity index (χ3v) is 5.19. The zero-order valence-corrected chi connectivity index (χ0v) is 13.8. The van der Waals surface area contributed by atoms with Gasteiger partial charge in [-0.15, -0.1) is 0 Å². The number of benzene rings is 2. The maximum atomic E-state index is 12.9. The third-order valence-electron chi connectivity index (χ3n) is 3.84. The average Bonchev–Trinajstić information content (AvgIpc) is 2.61. The van der Waals surface area contributed by atoms with E-state index in [-0.39, 0.29) is 17.9 Å². The van der Waals surface area contributed by atoms with Gasteiger partial charge < -0.3 is 14.7 Å². The Kier molecular flexibility index (Phi) is 4.88. The molecule has 0 bridgehead atoms. The van der Waals surface area contributed by atoms with Crippen molar-refractivity contribution in [2.45, 2.75) is 16.7 Å². The molecule has 4 nitrogen and oxygen atoms in total. The second-order valence-electron chi connectivity index (χ2n) is 5.32. The normalized spacial score (nSPS) is 17.0. The Morgan fingerprint density at radius 2 is 2.00 bits per heavy atom. The van der Waals surface area contributed by atoms with Crippen LogP contribution in [-0.2, 0) is 0 Å². The van der Waals surface area contributed by atoms with Gasteiger partial charge in [-0.25, -0.2) is 0 Å². The Balaban J connectivity index is 2.00. The van der Waals surface area contributed by atoms with Crippen molar-refractivity contribution >= 4 is 17.7 Å². The Morgan fingerprint density at radius 3 is 2.70 bits per heavy atom. The van der Waals surface area contributed by atoms with Crippen LogP contribution < -0.4 is 4.74 Å². The minimum Gasteiger partial charge on any atom is -0.497 e. The second-order valence-corrected chi connectivity index (χ2v) is 6.44. The van der Waals surface area contributed by atoms with Crippen LogP contribution in [0.1, 0.15) is 27.7 Å². The van der Waals surface area contributed by atoms with Crippen LogP contribution in [0.15, 0.2) is 53.4 Å². The summed E-state index contributed by atoms with van der Waals surface area (Å²) in [6.07, 6.45) is 0.571. The number of aliphatic hydroxyl groups excluding tert-OH is 1. The van der Waals surface area contributed by atoms with E-state index in [0.717, 1.165) is 16.2 Å². The van der Waals surface area contributed by atoms with Crippen molar-refractivity contribution in [3.63, 3.8) is 0 Å². The summed E-state index contributed by atoms with van der Waals surface area (Å²) in [6.45, 7) is 0.610. The molecule has 0 saturated carbocycles. The van der Waals surface area contributed by atoms with Crippen LogP contribution >= 0.6 is 11.8 Å². The van der Waals surface area contributed by atoms with E-state index >= 15 is 0 Å². The quantitative estimate of drug-likeness (QED) is 0.914. The number of amides is 1. The molecule has 1 unspecified atom stereocenters. The number of thioether (sulfide) groups is 1. The van der Waals surface area contributed by atoms with Crippen LogP contribution in [0, 0.1) is 0 Å². The molecule has 0 aromatic heterocycles. The number of fused-ring (bicyclic) bond motifs is 1. The highest BCUT2D eigenvalue weighted by Gasteiger charge is 2.33. The Hall–Kier alpha value is -1.98. The Bertz CT molecular complexity index is 690. The lowest BCUT2D eigenvalue weighted by molar-refractivity contribution is 0.0714. The van der Waals surface area contributed by atoms with Crippen molar-refractivity contribution in [2.75, 3.05) is 20.3 Å². The summed E-state index contributed by atoms with van der Waals surface area (Å²) < 4.78 is 5.28. The van der Waals surface area contributed by atoms with Crippen molar-refractivity contribution < 1.29 is 14.6 Å². The number of methoxy groups -OCH3 is 1. The number of carbonyl (C=O) groups excluding carboxylic acids is 1. The minimum atomic E-state index is -0.0881. The zero-order valence-electron chi connectivity index (χ0n) is 12.9. The second kappa shape index (κ2) is 7.06. The van der Waals surface area contributed by atoms with Gasteiger partial charge in [0.25, 0.3) is 5.91 Å². The molecule has 3 rings (SSSR count). The molecule has 1 atom stereocenters. The maximum Gasteiger partial charge on any atom is 0.256 e. The Morgan fingerprint density at radius 1 is 1.22 bits per heavy atom. The zero-order chi connectivity index (χ0) is 16.2. The largest absolute Gasteiger partial charge is 0.497 e. The van der Waals surface area contributed by atoms with E-state index in [4.69, 9.17) is 9.84 Å². The van der Waals surface area contributed by atoms with Gasteiger partial charge in [0.1, 0.15) is 11.1 Å². The highest BCUT2D eigenvalue weighted by atomic mass is 32.2. The maximum absolute atomic E-state index is 12.9. The van der Waals surface area contributed by atoms with Crippen molar-refractivity contribution in [1.29, 1.82) is 0 Å². The molecule has 0 spiro atoms. The number of aliphatic hydroxyl groups is 1. The molecule has 2 aromatic carbocycles. The summed E-state index contributed by atoms with van der Waals surface area (Å²) in [7, 11) is 1.62. The van der Waals surface area contributed by atoms with Gasteiger partial charge >= 0.3 is 0 Å². The SMILES string of the molecule is COc1ccc2c(c1)SC(c1ccccc1)N(CCCO)C2=O. The van der Waals surface area contributed by atoms with Gasteiger partial charge in [-0.2, -0.15) is 0 Å². The van der Waals surface area contributed by atoms with Crippen molar-refractivity contribution in [3.8, 4) is 5.75 Å². The van der Waals surface area contributed by atoms with Crippen molar-refractivity contribution in [1.82, 2.24) is 4.90 Å². The molecular weight excluding hydrogens is 310 g/mol. The van der Waals surface area contributed by atoms with E-state index in [2.05, 4.69) is 0 Å². The molecule has 0 fully saturated rings. The van der Waals surface area contributed by atoms with E-state index in [1.165, 1.54) is 0 Å². The lowest BCUT2D eigenvalue weighted by atomic mass is 10.1. The molecule has 1 N–H and O–H groups in total. The van der Waals surface area contributed by atoms with Crippen LogP contribution in [0.2, 0.25) is 0 Å².